The normalized spacial score (nSPS) is 11.7. The number of hydrogen-bond acceptors (Lipinski definition) is 3. The number of fused-ring (bicyclic) bond motifs is 1. The zero-order valence-electron chi connectivity index (χ0n) is 22.7. The summed E-state index contributed by atoms with van der Waals surface area (Å²) in [7, 11) is -2.60. The van der Waals surface area contributed by atoms with Crippen molar-refractivity contribution >= 4 is 50.4 Å². The molecule has 0 spiro atoms. The van der Waals surface area contributed by atoms with Crippen LogP contribution in [0.5, 0.6) is 17.2 Å². The van der Waals surface area contributed by atoms with Gasteiger partial charge in [0.2, 0.25) is 0 Å². The smallest absolute Gasteiger partial charge is 0.489 e. The number of halogens is 11. The van der Waals surface area contributed by atoms with E-state index in [4.69, 9.17) is 14.0 Å². The van der Waals surface area contributed by atoms with Gasteiger partial charge in [-0.15, -0.1) is 0 Å². The maximum atomic E-state index is 15.7. The maximum absolute atomic E-state index is 15.7. The lowest BCUT2D eigenvalue weighted by molar-refractivity contribution is 0.291. The third-order valence-corrected chi connectivity index (χ3v) is 7.47. The molecule has 7 aromatic carbocycles. The molecule has 236 valence electrons. The van der Waals surface area contributed by atoms with E-state index in [1.165, 1.54) is 6.07 Å². The standard InChI is InChI=1S/C32H10BF11O3/c34-12-9-18(38)26(39)20(10-12)46-33(45-19-8-7-15(35)22-13(19)4-6-17(37)27(22)40)47-32-14-3-1-11-2-5-16(36)24-21(11)23(14)25(29(42)28(24)41)30(43)31(32)44/h1-10H. The van der Waals surface area contributed by atoms with E-state index in [1.807, 2.05) is 0 Å². The fourth-order valence-electron chi connectivity index (χ4n) is 5.44. The quantitative estimate of drug-likeness (QED) is 0.0769. The summed E-state index contributed by atoms with van der Waals surface area (Å²) in [5.41, 5.74) is 0. The topological polar surface area (TPSA) is 27.7 Å². The zero-order valence-corrected chi connectivity index (χ0v) is 22.7. The molecule has 0 bridgehead atoms. The summed E-state index contributed by atoms with van der Waals surface area (Å²) >= 11 is 0. The van der Waals surface area contributed by atoms with Gasteiger partial charge in [0.1, 0.15) is 29.0 Å². The van der Waals surface area contributed by atoms with Gasteiger partial charge in [-0.3, -0.25) is 0 Å². The highest BCUT2D eigenvalue weighted by atomic mass is 19.2. The first kappa shape index (κ1) is 30.2. The van der Waals surface area contributed by atoms with E-state index < -0.39 is 121 Å². The van der Waals surface area contributed by atoms with Crippen LogP contribution in [0.3, 0.4) is 0 Å². The number of rotatable bonds is 6. The van der Waals surface area contributed by atoms with E-state index in [1.54, 1.807) is 0 Å². The molecule has 15 heteroatoms. The number of hydrogen-bond donors (Lipinski definition) is 0. The molecule has 0 N–H and O–H groups in total. The minimum Gasteiger partial charge on any atom is -0.489 e. The van der Waals surface area contributed by atoms with Crippen LogP contribution in [0.1, 0.15) is 0 Å². The Bertz CT molecular complexity index is 2440. The Labute approximate surface area is 254 Å². The zero-order chi connectivity index (χ0) is 33.5. The molecular formula is C32H10BF11O3. The van der Waals surface area contributed by atoms with Gasteiger partial charge >= 0.3 is 7.32 Å². The van der Waals surface area contributed by atoms with Crippen LogP contribution in [-0.2, 0) is 0 Å². The Morgan fingerprint density at radius 3 is 1.74 bits per heavy atom. The van der Waals surface area contributed by atoms with Gasteiger partial charge in [-0.25, -0.2) is 39.5 Å². The van der Waals surface area contributed by atoms with Crippen molar-refractivity contribution in [1.82, 2.24) is 0 Å². The van der Waals surface area contributed by atoms with Crippen LogP contribution in [0.2, 0.25) is 0 Å². The predicted octanol–water partition coefficient (Wildman–Crippen LogP) is 9.79. The summed E-state index contributed by atoms with van der Waals surface area (Å²) in [4.78, 5) is 0. The van der Waals surface area contributed by atoms with E-state index in [9.17, 15) is 35.1 Å². The second-order valence-electron chi connectivity index (χ2n) is 10.1. The molecule has 0 radical (unpaired) electrons. The maximum Gasteiger partial charge on any atom is 0.864 e. The molecule has 0 saturated heterocycles. The molecule has 7 aromatic rings. The molecule has 0 fully saturated rings. The van der Waals surface area contributed by atoms with Gasteiger partial charge in [0.05, 0.1) is 16.2 Å². The molecule has 0 atom stereocenters. The predicted molar refractivity (Wildman–Crippen MR) is 148 cm³/mol. The van der Waals surface area contributed by atoms with E-state index in [2.05, 4.69) is 0 Å². The van der Waals surface area contributed by atoms with Gasteiger partial charge < -0.3 is 14.0 Å². The molecule has 0 aromatic heterocycles. The van der Waals surface area contributed by atoms with Crippen molar-refractivity contribution in [1.29, 1.82) is 0 Å². The third-order valence-electron chi connectivity index (χ3n) is 7.47. The van der Waals surface area contributed by atoms with Gasteiger partial charge in [-0.05, 0) is 41.8 Å². The summed E-state index contributed by atoms with van der Waals surface area (Å²) < 4.78 is 178. The van der Waals surface area contributed by atoms with Crippen LogP contribution in [0.25, 0.3) is 43.1 Å². The summed E-state index contributed by atoms with van der Waals surface area (Å²) in [6.45, 7) is 0. The molecular weight excluding hydrogens is 652 g/mol. The molecule has 0 saturated carbocycles. The summed E-state index contributed by atoms with van der Waals surface area (Å²) in [5, 5.41) is -4.93. The first-order valence-electron chi connectivity index (χ1n) is 13.2. The van der Waals surface area contributed by atoms with Crippen molar-refractivity contribution in [2.24, 2.45) is 0 Å². The molecule has 7 rings (SSSR count). The average Bonchev–Trinajstić information content (AvgIpc) is 3.03. The molecule has 47 heavy (non-hydrogen) atoms. The monoisotopic (exact) mass is 662 g/mol. The fourth-order valence-corrected chi connectivity index (χ4v) is 5.44. The fraction of sp³-hybridized carbons (Fsp3) is 0. The Morgan fingerprint density at radius 1 is 0.383 bits per heavy atom. The Kier molecular flexibility index (Phi) is 6.95. The lowest BCUT2D eigenvalue weighted by atomic mass is 9.92. The van der Waals surface area contributed by atoms with Crippen LogP contribution in [0.15, 0.2) is 60.7 Å². The van der Waals surface area contributed by atoms with E-state index in [0.29, 0.717) is 18.2 Å². The van der Waals surface area contributed by atoms with Crippen LogP contribution in [-0.4, -0.2) is 7.32 Å². The van der Waals surface area contributed by atoms with E-state index in [-0.39, 0.29) is 16.8 Å². The summed E-state index contributed by atoms with van der Waals surface area (Å²) in [6, 6.07) is 7.60. The molecule has 0 unspecified atom stereocenters. The van der Waals surface area contributed by atoms with Gasteiger partial charge in [-0.1, -0.05) is 12.1 Å². The van der Waals surface area contributed by atoms with Gasteiger partial charge in [0.25, 0.3) is 0 Å². The van der Waals surface area contributed by atoms with Crippen molar-refractivity contribution in [3.8, 4) is 17.2 Å². The van der Waals surface area contributed by atoms with E-state index >= 15 is 13.2 Å². The molecule has 0 aliphatic rings. The number of benzene rings is 7. The Balaban J connectivity index is 1.46. The van der Waals surface area contributed by atoms with Gasteiger partial charge in [0.15, 0.2) is 52.3 Å². The molecule has 0 heterocycles. The van der Waals surface area contributed by atoms with Gasteiger partial charge in [0, 0.05) is 33.7 Å². The van der Waals surface area contributed by atoms with Crippen molar-refractivity contribution in [3.05, 3.63) is 125 Å². The third kappa shape index (κ3) is 4.59. The lowest BCUT2D eigenvalue weighted by Crippen LogP contribution is -2.38. The minimum atomic E-state index is -2.60. The second-order valence-corrected chi connectivity index (χ2v) is 10.1. The summed E-state index contributed by atoms with van der Waals surface area (Å²) in [5.74, 6) is -21.3. The first-order valence-corrected chi connectivity index (χ1v) is 13.2. The minimum absolute atomic E-state index is 0.0724. The Hall–Kier alpha value is -5.47. The second kappa shape index (κ2) is 10.8. The largest absolute Gasteiger partial charge is 0.864 e. The highest BCUT2D eigenvalue weighted by molar-refractivity contribution is 6.40. The van der Waals surface area contributed by atoms with Crippen molar-refractivity contribution in [2.45, 2.75) is 0 Å². The van der Waals surface area contributed by atoms with Crippen LogP contribution in [0.4, 0.5) is 48.3 Å². The highest BCUT2D eigenvalue weighted by Crippen LogP contribution is 2.45. The van der Waals surface area contributed by atoms with Crippen molar-refractivity contribution < 1.29 is 62.3 Å². The molecule has 0 aliphatic carbocycles. The van der Waals surface area contributed by atoms with Crippen LogP contribution in [0, 0.1) is 64.0 Å². The van der Waals surface area contributed by atoms with Crippen LogP contribution < -0.4 is 14.0 Å². The molecule has 0 amide bonds. The van der Waals surface area contributed by atoms with Gasteiger partial charge in [-0.2, -0.15) is 8.78 Å². The lowest BCUT2D eigenvalue weighted by Gasteiger charge is -2.21. The average molecular weight is 662 g/mol. The SMILES string of the molecule is Fc1cc(F)c(F)c(OB(Oc2ccc(F)c3c(F)c(F)ccc23)Oc2c(F)c(F)c3c(F)c(F)c4c(F)ccc5ccc2c3c54)c1. The molecule has 0 aliphatic heterocycles. The van der Waals surface area contributed by atoms with Crippen molar-refractivity contribution in [3.63, 3.8) is 0 Å². The first-order chi connectivity index (χ1) is 22.4. The summed E-state index contributed by atoms with van der Waals surface area (Å²) in [6.07, 6.45) is 0. The van der Waals surface area contributed by atoms with Crippen LogP contribution >= 0.6 is 0 Å². The molecule has 3 nitrogen and oxygen atoms in total. The Morgan fingerprint density at radius 2 is 0.979 bits per heavy atom. The highest BCUT2D eigenvalue weighted by Gasteiger charge is 2.37. The van der Waals surface area contributed by atoms with Crippen molar-refractivity contribution in [2.75, 3.05) is 0 Å². The van der Waals surface area contributed by atoms with E-state index in [0.717, 1.165) is 30.3 Å².